The number of rotatable bonds is 5. The maximum absolute atomic E-state index is 4.73. The molecule has 2 aliphatic heterocycles. The first kappa shape index (κ1) is 15.0. The fourth-order valence-electron chi connectivity index (χ4n) is 4.29. The van der Waals surface area contributed by atoms with Gasteiger partial charge in [0, 0.05) is 36.8 Å². The second-order valence-electron chi connectivity index (χ2n) is 7.26. The molecule has 21 heavy (non-hydrogen) atoms. The van der Waals surface area contributed by atoms with Crippen LogP contribution in [0.1, 0.15) is 51.3 Å². The fraction of sp³-hybridized carbons (Fsp3) is 0.824. The van der Waals surface area contributed by atoms with Gasteiger partial charge in [-0.3, -0.25) is 4.68 Å². The normalized spacial score (nSPS) is 31.0. The van der Waals surface area contributed by atoms with Crippen LogP contribution in [-0.2, 0) is 6.42 Å². The molecule has 1 aromatic rings. The van der Waals surface area contributed by atoms with Crippen molar-refractivity contribution < 1.29 is 0 Å². The summed E-state index contributed by atoms with van der Waals surface area (Å²) in [6.07, 6.45) is 8.67. The summed E-state index contributed by atoms with van der Waals surface area (Å²) in [5.41, 5.74) is 1.23. The Labute approximate surface area is 128 Å². The molecular weight excluding hydrogens is 260 g/mol. The van der Waals surface area contributed by atoms with E-state index in [0.717, 1.165) is 24.4 Å². The van der Waals surface area contributed by atoms with Crippen molar-refractivity contribution in [2.75, 3.05) is 14.1 Å². The number of likely N-dealkylation sites (N-methyl/N-ethyl adjacent to an activating group) is 1. The van der Waals surface area contributed by atoms with Gasteiger partial charge in [0.05, 0.1) is 5.69 Å². The first-order valence-corrected chi connectivity index (χ1v) is 8.51. The first-order valence-electron chi connectivity index (χ1n) is 8.51. The van der Waals surface area contributed by atoms with Crippen molar-refractivity contribution in [3.05, 3.63) is 18.0 Å². The number of piperidine rings is 1. The zero-order valence-electron chi connectivity index (χ0n) is 13.9. The summed E-state index contributed by atoms with van der Waals surface area (Å²) in [4.78, 5) is 2.62. The Morgan fingerprint density at radius 2 is 1.95 bits per heavy atom. The van der Waals surface area contributed by atoms with E-state index in [1.807, 2.05) is 0 Å². The topological polar surface area (TPSA) is 33.1 Å². The van der Waals surface area contributed by atoms with Gasteiger partial charge in [0.25, 0.3) is 0 Å². The van der Waals surface area contributed by atoms with Crippen LogP contribution in [0.4, 0.5) is 0 Å². The highest BCUT2D eigenvalue weighted by Crippen LogP contribution is 2.39. The highest BCUT2D eigenvalue weighted by molar-refractivity contribution is 5.05. The lowest BCUT2D eigenvalue weighted by molar-refractivity contribution is 0.114. The summed E-state index contributed by atoms with van der Waals surface area (Å²) in [7, 11) is 4.43. The molecule has 3 atom stereocenters. The van der Waals surface area contributed by atoms with E-state index in [4.69, 9.17) is 5.10 Å². The van der Waals surface area contributed by atoms with E-state index in [1.54, 1.807) is 0 Å². The van der Waals surface area contributed by atoms with Crippen LogP contribution in [0.3, 0.4) is 0 Å². The third-order valence-corrected chi connectivity index (χ3v) is 5.70. The van der Waals surface area contributed by atoms with Gasteiger partial charge in [0.15, 0.2) is 0 Å². The predicted octanol–water partition coefficient (Wildman–Crippen LogP) is 2.47. The van der Waals surface area contributed by atoms with E-state index in [0.29, 0.717) is 12.1 Å². The van der Waals surface area contributed by atoms with Crippen molar-refractivity contribution in [1.82, 2.24) is 20.0 Å². The zero-order chi connectivity index (χ0) is 15.0. The van der Waals surface area contributed by atoms with Crippen LogP contribution in [-0.4, -0.2) is 46.9 Å². The van der Waals surface area contributed by atoms with E-state index >= 15 is 0 Å². The minimum Gasteiger partial charge on any atom is -0.316 e. The Morgan fingerprint density at radius 3 is 2.48 bits per heavy atom. The molecule has 0 amide bonds. The minimum absolute atomic E-state index is 0.450. The van der Waals surface area contributed by atoms with Gasteiger partial charge in [0.2, 0.25) is 0 Å². The lowest BCUT2D eigenvalue weighted by Crippen LogP contribution is -2.47. The molecule has 1 N–H and O–H groups in total. The van der Waals surface area contributed by atoms with Gasteiger partial charge in [0.1, 0.15) is 0 Å². The summed E-state index contributed by atoms with van der Waals surface area (Å²) in [6, 6.07) is 4.84. The molecule has 4 nitrogen and oxygen atoms in total. The highest BCUT2D eigenvalue weighted by atomic mass is 15.3. The molecule has 0 spiro atoms. The molecule has 1 aromatic heterocycles. The van der Waals surface area contributed by atoms with Gasteiger partial charge in [-0.2, -0.15) is 5.10 Å². The second-order valence-corrected chi connectivity index (χ2v) is 7.26. The van der Waals surface area contributed by atoms with E-state index < -0.39 is 0 Å². The van der Waals surface area contributed by atoms with Gasteiger partial charge in [-0.1, -0.05) is 0 Å². The van der Waals surface area contributed by atoms with Gasteiger partial charge < -0.3 is 10.2 Å². The SMILES string of the molecule is CNC(Cc1ccn(C(C)C)n1)C1CC2CCC(C1)N2C. The van der Waals surface area contributed by atoms with Crippen molar-refractivity contribution in [3.63, 3.8) is 0 Å². The third-order valence-electron chi connectivity index (χ3n) is 5.70. The average Bonchev–Trinajstić information content (AvgIpc) is 2.98. The molecule has 0 radical (unpaired) electrons. The molecule has 2 fully saturated rings. The molecule has 0 saturated carbocycles. The Hall–Kier alpha value is -0.870. The first-order chi connectivity index (χ1) is 10.1. The Bertz CT molecular complexity index is 453. The van der Waals surface area contributed by atoms with Gasteiger partial charge in [-0.25, -0.2) is 0 Å². The maximum Gasteiger partial charge on any atom is 0.0640 e. The van der Waals surface area contributed by atoms with E-state index in [1.165, 1.54) is 31.4 Å². The molecule has 2 saturated heterocycles. The Kier molecular flexibility index (Phi) is 4.36. The molecule has 3 heterocycles. The zero-order valence-corrected chi connectivity index (χ0v) is 13.9. The molecule has 2 aliphatic rings. The predicted molar refractivity (Wildman–Crippen MR) is 86.5 cm³/mol. The molecule has 2 bridgehead atoms. The van der Waals surface area contributed by atoms with Crippen molar-refractivity contribution in [2.24, 2.45) is 5.92 Å². The lowest BCUT2D eigenvalue weighted by atomic mass is 9.83. The van der Waals surface area contributed by atoms with E-state index in [2.05, 4.69) is 55.1 Å². The number of nitrogens with zero attached hydrogens (tertiary/aromatic N) is 3. The van der Waals surface area contributed by atoms with Crippen molar-refractivity contribution >= 4 is 0 Å². The average molecular weight is 290 g/mol. The molecule has 118 valence electrons. The minimum atomic E-state index is 0.450. The van der Waals surface area contributed by atoms with E-state index in [-0.39, 0.29) is 0 Å². The number of aromatic nitrogens is 2. The maximum atomic E-state index is 4.73. The smallest absolute Gasteiger partial charge is 0.0640 e. The number of hydrogen-bond donors (Lipinski definition) is 1. The summed E-state index contributed by atoms with van der Waals surface area (Å²) in [5.74, 6) is 0.799. The van der Waals surface area contributed by atoms with Crippen LogP contribution in [0.5, 0.6) is 0 Å². The second kappa shape index (κ2) is 6.09. The number of hydrogen-bond acceptors (Lipinski definition) is 3. The Morgan fingerprint density at radius 1 is 1.29 bits per heavy atom. The summed E-state index contributed by atoms with van der Waals surface area (Å²) in [5, 5.41) is 8.30. The summed E-state index contributed by atoms with van der Waals surface area (Å²) < 4.78 is 2.07. The summed E-state index contributed by atoms with van der Waals surface area (Å²) in [6.45, 7) is 4.36. The third kappa shape index (κ3) is 3.02. The standard InChI is InChI=1S/C17H30N4/c1-12(2)21-8-7-14(19-21)11-17(18-3)13-9-15-5-6-16(10-13)20(15)4/h7-8,12-13,15-18H,5-6,9-11H2,1-4H3. The largest absolute Gasteiger partial charge is 0.316 e. The summed E-state index contributed by atoms with van der Waals surface area (Å²) >= 11 is 0. The van der Waals surface area contributed by atoms with Gasteiger partial charge >= 0.3 is 0 Å². The molecule has 4 heteroatoms. The van der Waals surface area contributed by atoms with Crippen molar-refractivity contribution in [1.29, 1.82) is 0 Å². The molecule has 0 aromatic carbocycles. The van der Waals surface area contributed by atoms with Crippen LogP contribution in [0.2, 0.25) is 0 Å². The lowest BCUT2D eigenvalue weighted by Gasteiger charge is -2.39. The van der Waals surface area contributed by atoms with Gasteiger partial charge in [-0.15, -0.1) is 0 Å². The molecular formula is C17H30N4. The van der Waals surface area contributed by atoms with Crippen LogP contribution in [0, 0.1) is 5.92 Å². The van der Waals surface area contributed by atoms with Crippen LogP contribution >= 0.6 is 0 Å². The molecule has 3 rings (SSSR count). The number of nitrogens with one attached hydrogen (secondary N) is 1. The van der Waals surface area contributed by atoms with Crippen molar-refractivity contribution in [3.8, 4) is 0 Å². The van der Waals surface area contributed by atoms with Crippen LogP contribution in [0.25, 0.3) is 0 Å². The van der Waals surface area contributed by atoms with Crippen LogP contribution < -0.4 is 5.32 Å². The Balaban J connectivity index is 1.65. The fourth-order valence-corrected chi connectivity index (χ4v) is 4.29. The molecule has 0 aliphatic carbocycles. The number of fused-ring (bicyclic) bond motifs is 2. The molecule has 3 unspecified atom stereocenters. The van der Waals surface area contributed by atoms with E-state index in [9.17, 15) is 0 Å². The quantitative estimate of drug-likeness (QED) is 0.904. The highest BCUT2D eigenvalue weighted by Gasteiger charge is 2.40. The van der Waals surface area contributed by atoms with Crippen molar-refractivity contribution in [2.45, 2.75) is 70.1 Å². The monoisotopic (exact) mass is 290 g/mol. The van der Waals surface area contributed by atoms with Gasteiger partial charge in [-0.05, 0) is 65.6 Å². The van der Waals surface area contributed by atoms with Crippen LogP contribution in [0.15, 0.2) is 12.3 Å².